The van der Waals surface area contributed by atoms with Gasteiger partial charge in [-0.25, -0.2) is 4.39 Å². The van der Waals surface area contributed by atoms with Gasteiger partial charge in [0.1, 0.15) is 17.4 Å². The summed E-state index contributed by atoms with van der Waals surface area (Å²) in [5, 5.41) is 12.5. The highest BCUT2D eigenvalue weighted by Crippen LogP contribution is 2.56. The Morgan fingerprint density at radius 3 is 2.76 bits per heavy atom. The summed E-state index contributed by atoms with van der Waals surface area (Å²) < 4.78 is 26.3. The van der Waals surface area contributed by atoms with Gasteiger partial charge in [-0.2, -0.15) is 15.2 Å². The van der Waals surface area contributed by atoms with Crippen LogP contribution in [0.4, 0.5) is 15.9 Å². The monoisotopic (exact) mass is 648 g/mol. The van der Waals surface area contributed by atoms with Gasteiger partial charge in [-0.15, -0.1) is 11.8 Å². The molecule has 12 heteroatoms. The molecule has 4 aliphatic rings. The number of hydrogen-bond acceptors (Lipinski definition) is 9. The van der Waals surface area contributed by atoms with E-state index < -0.39 is 17.8 Å². The van der Waals surface area contributed by atoms with Crippen molar-refractivity contribution in [1.82, 2.24) is 14.9 Å². The summed E-state index contributed by atoms with van der Waals surface area (Å²) in [7, 11) is 0. The highest BCUT2D eigenvalue weighted by Gasteiger charge is 2.56. The number of fused-ring (bicyclic) bond motifs is 2. The van der Waals surface area contributed by atoms with Gasteiger partial charge in [-0.3, -0.25) is 4.79 Å². The molecule has 1 amide bonds. The van der Waals surface area contributed by atoms with E-state index in [0.29, 0.717) is 43.8 Å². The summed E-state index contributed by atoms with van der Waals surface area (Å²) in [5.41, 5.74) is 2.91. The van der Waals surface area contributed by atoms with Crippen LogP contribution in [0.25, 0.3) is 10.8 Å². The zero-order valence-electron chi connectivity index (χ0n) is 25.0. The highest BCUT2D eigenvalue weighted by atomic mass is 35.5. The number of hydrogen-bond donors (Lipinski definition) is 0. The van der Waals surface area contributed by atoms with E-state index in [1.807, 2.05) is 18.2 Å². The fourth-order valence-electron chi connectivity index (χ4n) is 6.42. The molecule has 9 nitrogen and oxygen atoms in total. The first-order chi connectivity index (χ1) is 21.7. The fourth-order valence-corrected chi connectivity index (χ4v) is 7.64. The Kier molecular flexibility index (Phi) is 8.00. The minimum Gasteiger partial charge on any atom is -0.462 e. The Morgan fingerprint density at radius 1 is 1.20 bits per heavy atom. The molecular weight excluding hydrogens is 615 g/mol. The van der Waals surface area contributed by atoms with Crippen molar-refractivity contribution < 1.29 is 18.7 Å². The van der Waals surface area contributed by atoms with Crippen molar-refractivity contribution >= 4 is 51.5 Å². The predicted molar refractivity (Wildman–Crippen MR) is 173 cm³/mol. The molecular formula is C33H34ClFN6O3S. The van der Waals surface area contributed by atoms with Crippen LogP contribution in [0.1, 0.15) is 37.4 Å². The summed E-state index contributed by atoms with van der Waals surface area (Å²) in [6, 6.07) is 14.1. The van der Waals surface area contributed by atoms with Gasteiger partial charge >= 0.3 is 6.01 Å². The smallest absolute Gasteiger partial charge is 0.318 e. The summed E-state index contributed by atoms with van der Waals surface area (Å²) in [6.45, 7) is 7.99. The molecule has 3 aromatic rings. The van der Waals surface area contributed by atoms with Gasteiger partial charge in [0.2, 0.25) is 0 Å². The van der Waals surface area contributed by atoms with E-state index in [-0.39, 0.29) is 29.2 Å². The molecule has 0 bridgehead atoms. The lowest BCUT2D eigenvalue weighted by atomic mass is 10.0. The summed E-state index contributed by atoms with van der Waals surface area (Å²) in [4.78, 5) is 27.9. The van der Waals surface area contributed by atoms with Gasteiger partial charge < -0.3 is 24.2 Å². The van der Waals surface area contributed by atoms with Crippen molar-refractivity contribution in [1.29, 1.82) is 5.26 Å². The quantitative estimate of drug-likeness (QED) is 0.216. The SMILES string of the molecule is C=C(F)C(=O)N1CCN(c2nc(OCC3S[C@]3(C)OC3CC3)nc3c2CCN(c2cccc4cccc(Cl)c24)C3)C[C@@H]1CC#N. The van der Waals surface area contributed by atoms with Crippen molar-refractivity contribution in [2.45, 2.75) is 61.5 Å². The number of anilines is 2. The molecule has 4 heterocycles. The summed E-state index contributed by atoms with van der Waals surface area (Å²) >= 11 is 8.45. The van der Waals surface area contributed by atoms with Crippen LogP contribution in [0.5, 0.6) is 6.01 Å². The maximum absolute atomic E-state index is 13.8. The van der Waals surface area contributed by atoms with Crippen LogP contribution < -0.4 is 14.5 Å². The van der Waals surface area contributed by atoms with Gasteiger partial charge in [0.05, 0.1) is 47.1 Å². The average Bonchev–Trinajstić information content (AvgIpc) is 3.97. The Labute approximate surface area is 270 Å². The third-order valence-corrected chi connectivity index (χ3v) is 10.8. The number of nitriles is 1. The molecule has 2 saturated heterocycles. The van der Waals surface area contributed by atoms with Crippen molar-refractivity contribution in [2.75, 3.05) is 42.6 Å². The average molecular weight is 649 g/mol. The van der Waals surface area contributed by atoms with Gasteiger partial charge in [0.15, 0.2) is 5.83 Å². The van der Waals surface area contributed by atoms with Gasteiger partial charge in [0.25, 0.3) is 5.91 Å². The van der Waals surface area contributed by atoms with Crippen LogP contribution in [-0.4, -0.2) is 75.9 Å². The van der Waals surface area contributed by atoms with Crippen LogP contribution >= 0.6 is 23.4 Å². The van der Waals surface area contributed by atoms with E-state index in [9.17, 15) is 14.4 Å². The number of piperazine rings is 1. The Bertz CT molecular complexity index is 1710. The van der Waals surface area contributed by atoms with Crippen LogP contribution in [0, 0.1) is 11.3 Å². The zero-order valence-corrected chi connectivity index (χ0v) is 26.6. The van der Waals surface area contributed by atoms with E-state index in [1.165, 1.54) is 4.90 Å². The molecule has 7 rings (SSSR count). The van der Waals surface area contributed by atoms with E-state index in [1.54, 1.807) is 11.8 Å². The van der Waals surface area contributed by atoms with Crippen LogP contribution in [0.15, 0.2) is 48.8 Å². The Morgan fingerprint density at radius 2 is 2.00 bits per heavy atom. The minimum absolute atomic E-state index is 0.0697. The molecule has 3 atom stereocenters. The number of carbonyl (C=O) groups excluding carboxylic acids is 1. The first-order valence-electron chi connectivity index (χ1n) is 15.3. The molecule has 234 valence electrons. The second kappa shape index (κ2) is 12.0. The van der Waals surface area contributed by atoms with E-state index in [4.69, 9.17) is 31.0 Å². The number of halogens is 2. The number of amides is 1. The molecule has 0 radical (unpaired) electrons. The number of nitrogens with zero attached hydrogens (tertiary/aromatic N) is 6. The van der Waals surface area contributed by atoms with Crippen molar-refractivity contribution in [3.8, 4) is 12.1 Å². The summed E-state index contributed by atoms with van der Waals surface area (Å²) in [5.74, 6) is -1.06. The van der Waals surface area contributed by atoms with Crippen molar-refractivity contribution in [2.24, 2.45) is 0 Å². The standard InChI is InChI=1S/C33H34ClFN6O3S/c1-20(35)31(42)41-16-15-40(17-22(41)11-13-36)30-24-12-14-39(27-8-4-6-21-5-3-7-25(34)29(21)27)18-26(24)37-32(38-30)43-19-28-33(2,45-28)44-23-9-10-23/h3-8,22-23,28H,1,9-12,14-19H2,2H3/t22-,28?,33-/m0/s1. The van der Waals surface area contributed by atoms with Crippen molar-refractivity contribution in [3.05, 3.63) is 65.1 Å². The molecule has 1 unspecified atom stereocenters. The van der Waals surface area contributed by atoms with E-state index in [2.05, 4.69) is 47.6 Å². The number of thioether (sulfide) groups is 1. The molecule has 45 heavy (non-hydrogen) atoms. The fraction of sp³-hybridized carbons (Fsp3) is 0.455. The minimum atomic E-state index is -1.02. The number of rotatable bonds is 9. The van der Waals surface area contributed by atoms with Gasteiger partial charge in [-0.1, -0.05) is 42.4 Å². The maximum Gasteiger partial charge on any atom is 0.318 e. The number of aromatic nitrogens is 2. The third-order valence-electron chi connectivity index (χ3n) is 8.99. The first kappa shape index (κ1) is 30.1. The van der Waals surface area contributed by atoms with Gasteiger partial charge in [-0.05, 0) is 43.7 Å². The zero-order chi connectivity index (χ0) is 31.3. The lowest BCUT2D eigenvalue weighted by Crippen LogP contribution is -2.55. The third kappa shape index (κ3) is 6.03. The maximum atomic E-state index is 13.8. The molecule has 1 aromatic heterocycles. The van der Waals surface area contributed by atoms with Crippen LogP contribution in [-0.2, 0) is 22.5 Å². The molecule has 3 aliphatic heterocycles. The predicted octanol–water partition coefficient (Wildman–Crippen LogP) is 5.65. The molecule has 0 N–H and O–H groups in total. The molecule has 3 fully saturated rings. The number of ether oxygens (including phenoxy) is 2. The summed E-state index contributed by atoms with van der Waals surface area (Å²) in [6.07, 6.45) is 3.34. The molecule has 0 spiro atoms. The first-order valence-corrected chi connectivity index (χ1v) is 16.6. The molecule has 2 aromatic carbocycles. The Hall–Kier alpha value is -3.59. The second-order valence-electron chi connectivity index (χ2n) is 12.2. The lowest BCUT2D eigenvalue weighted by molar-refractivity contribution is -0.131. The highest BCUT2D eigenvalue weighted by molar-refractivity contribution is 8.08. The second-order valence-corrected chi connectivity index (χ2v) is 14.2. The van der Waals surface area contributed by atoms with Crippen LogP contribution in [0.2, 0.25) is 5.02 Å². The van der Waals surface area contributed by atoms with Crippen LogP contribution in [0.3, 0.4) is 0 Å². The van der Waals surface area contributed by atoms with E-state index in [0.717, 1.165) is 52.9 Å². The van der Waals surface area contributed by atoms with E-state index >= 15 is 0 Å². The molecule has 1 aliphatic carbocycles. The van der Waals surface area contributed by atoms with Gasteiger partial charge in [0, 0.05) is 42.8 Å². The normalized spacial score (nSPS) is 24.3. The number of benzene rings is 2. The topological polar surface area (TPSA) is 94.8 Å². The number of carbonyl (C=O) groups is 1. The largest absolute Gasteiger partial charge is 0.462 e. The van der Waals surface area contributed by atoms with Crippen molar-refractivity contribution in [3.63, 3.8) is 0 Å². The lowest BCUT2D eigenvalue weighted by Gasteiger charge is -2.42. The Balaban J connectivity index is 1.19. The molecule has 1 saturated carbocycles.